The number of hydrogen-bond donors (Lipinski definition) is 1. The molecule has 2 heterocycles. The number of guanidine groups is 1. The van der Waals surface area contributed by atoms with Crippen LogP contribution in [0.4, 0.5) is 13.2 Å². The fraction of sp³-hybridized carbons (Fsp3) is 0.733. The Balaban J connectivity index is 0.00000420. The van der Waals surface area contributed by atoms with Crippen LogP contribution in [0.5, 0.6) is 0 Å². The number of ether oxygens (including phenoxy) is 1. The van der Waals surface area contributed by atoms with E-state index in [-0.39, 0.29) is 36.3 Å². The number of hydrogen-bond acceptors (Lipinski definition) is 6. The van der Waals surface area contributed by atoms with Crippen molar-refractivity contribution >= 4 is 40.0 Å². The molecule has 2 rings (SSSR count). The van der Waals surface area contributed by atoms with E-state index < -0.39 is 22.8 Å². The Bertz CT molecular complexity index is 723. The van der Waals surface area contributed by atoms with Gasteiger partial charge in [0, 0.05) is 52.4 Å². The zero-order valence-corrected chi connectivity index (χ0v) is 19.0. The Hall–Kier alpha value is -1.13. The first kappa shape index (κ1) is 25.9. The minimum atomic E-state index is -4.32. The van der Waals surface area contributed by atoms with E-state index in [4.69, 9.17) is 0 Å². The quantitative estimate of drug-likeness (QED) is 0.223. The van der Waals surface area contributed by atoms with Crippen LogP contribution >= 0.6 is 24.0 Å². The molecule has 9 nitrogen and oxygen atoms in total. The molecule has 0 bridgehead atoms. The molecular formula is C15H25F3IN5O4S. The van der Waals surface area contributed by atoms with E-state index in [1.165, 1.54) is 16.6 Å². The number of piperazine rings is 1. The maximum Gasteiger partial charge on any atom is 0.411 e. The highest BCUT2D eigenvalue weighted by Gasteiger charge is 2.29. The van der Waals surface area contributed by atoms with E-state index >= 15 is 0 Å². The second kappa shape index (κ2) is 11.9. The molecule has 168 valence electrons. The summed E-state index contributed by atoms with van der Waals surface area (Å²) >= 11 is 0. The first-order valence-electron chi connectivity index (χ1n) is 8.68. The highest BCUT2D eigenvalue weighted by molar-refractivity contribution is 14.0. The molecule has 0 aliphatic carbocycles. The number of aromatic nitrogens is 1. The van der Waals surface area contributed by atoms with Crippen LogP contribution in [0.2, 0.25) is 0 Å². The summed E-state index contributed by atoms with van der Waals surface area (Å²) in [6, 6.07) is 1.51. The maximum atomic E-state index is 12.4. The van der Waals surface area contributed by atoms with Crippen LogP contribution in [0.25, 0.3) is 0 Å². The Labute approximate surface area is 184 Å². The molecule has 14 heteroatoms. The minimum Gasteiger partial charge on any atom is -0.372 e. The van der Waals surface area contributed by atoms with Gasteiger partial charge in [-0.2, -0.15) is 17.5 Å². The number of aliphatic imine (C=N–C) groups is 1. The van der Waals surface area contributed by atoms with Gasteiger partial charge in [-0.25, -0.2) is 8.42 Å². The molecule has 1 fully saturated rings. The predicted octanol–water partition coefficient (Wildman–Crippen LogP) is 1.28. The van der Waals surface area contributed by atoms with Crippen LogP contribution < -0.4 is 5.32 Å². The van der Waals surface area contributed by atoms with Gasteiger partial charge >= 0.3 is 6.18 Å². The standard InChI is InChI=1S/C15H24F3N5O4S.HI/c1-19-14(20-4-2-9-26-12-15(16,17)18)22-5-7-23(8-6-22)28(24,25)11-13-3-10-27-21-13;/h3,10H,2,4-9,11-12H2,1H3,(H,19,20);1H. The van der Waals surface area contributed by atoms with Gasteiger partial charge in [-0.3, -0.25) is 4.99 Å². The topological polar surface area (TPSA) is 100 Å². The molecule has 0 aromatic carbocycles. The third kappa shape index (κ3) is 9.04. The third-order valence-corrected chi connectivity index (χ3v) is 5.79. The van der Waals surface area contributed by atoms with Gasteiger partial charge in [0.25, 0.3) is 0 Å². The highest BCUT2D eigenvalue weighted by atomic mass is 127. The number of nitrogens with zero attached hydrogens (tertiary/aromatic N) is 4. The van der Waals surface area contributed by atoms with E-state index in [9.17, 15) is 21.6 Å². The van der Waals surface area contributed by atoms with Crippen molar-refractivity contribution in [3.8, 4) is 0 Å². The third-order valence-electron chi connectivity index (χ3n) is 3.98. The van der Waals surface area contributed by atoms with Gasteiger partial charge in [0.1, 0.15) is 18.6 Å². The largest absolute Gasteiger partial charge is 0.411 e. The summed E-state index contributed by atoms with van der Waals surface area (Å²) in [5.41, 5.74) is 0.354. The lowest BCUT2D eigenvalue weighted by molar-refractivity contribution is -0.173. The summed E-state index contributed by atoms with van der Waals surface area (Å²) in [6.45, 7) is 0.620. The first-order chi connectivity index (χ1) is 13.2. The molecular weight excluding hydrogens is 530 g/mol. The summed E-state index contributed by atoms with van der Waals surface area (Å²) < 4.78 is 71.4. The fourth-order valence-corrected chi connectivity index (χ4v) is 4.09. The van der Waals surface area contributed by atoms with Gasteiger partial charge in [0.15, 0.2) is 5.96 Å². The summed E-state index contributed by atoms with van der Waals surface area (Å²) in [7, 11) is -1.89. The summed E-state index contributed by atoms with van der Waals surface area (Å²) in [6.07, 6.45) is -2.61. The Kier molecular flexibility index (Phi) is 10.6. The highest BCUT2D eigenvalue weighted by Crippen LogP contribution is 2.14. The van der Waals surface area contributed by atoms with Crippen molar-refractivity contribution in [2.75, 3.05) is 53.0 Å². The van der Waals surface area contributed by atoms with E-state index in [1.54, 1.807) is 7.05 Å². The molecule has 1 N–H and O–H groups in total. The molecule has 0 amide bonds. The Morgan fingerprint density at radius 1 is 1.34 bits per heavy atom. The molecule has 1 aromatic heterocycles. The molecule has 0 saturated carbocycles. The van der Waals surface area contributed by atoms with Crippen LogP contribution in [0.15, 0.2) is 21.8 Å². The monoisotopic (exact) mass is 555 g/mol. The van der Waals surface area contributed by atoms with Crippen molar-refractivity contribution in [2.24, 2.45) is 4.99 Å². The molecule has 0 radical (unpaired) electrons. The second-order valence-electron chi connectivity index (χ2n) is 6.13. The van der Waals surface area contributed by atoms with Crippen molar-refractivity contribution in [2.45, 2.75) is 18.3 Å². The number of sulfonamides is 1. The lowest BCUT2D eigenvalue weighted by atomic mass is 10.4. The smallest absolute Gasteiger partial charge is 0.372 e. The van der Waals surface area contributed by atoms with Gasteiger partial charge in [-0.05, 0) is 6.42 Å². The molecule has 0 atom stereocenters. The van der Waals surface area contributed by atoms with Crippen molar-refractivity contribution in [1.82, 2.24) is 19.7 Å². The van der Waals surface area contributed by atoms with E-state index in [2.05, 4.69) is 24.7 Å². The molecule has 1 aliphatic heterocycles. The molecule has 0 unspecified atom stereocenters. The van der Waals surface area contributed by atoms with E-state index in [0.717, 1.165) is 0 Å². The molecule has 1 aliphatic rings. The normalized spacial score (nSPS) is 16.6. The SMILES string of the molecule is CN=C(NCCCOCC(F)(F)F)N1CCN(S(=O)(=O)Cc2ccon2)CC1.I. The maximum absolute atomic E-state index is 12.4. The predicted molar refractivity (Wildman–Crippen MR) is 111 cm³/mol. The van der Waals surface area contributed by atoms with Gasteiger partial charge in [0.2, 0.25) is 10.0 Å². The Morgan fingerprint density at radius 2 is 2.03 bits per heavy atom. The van der Waals surface area contributed by atoms with Gasteiger partial charge in [-0.1, -0.05) is 5.16 Å². The van der Waals surface area contributed by atoms with Crippen molar-refractivity contribution in [1.29, 1.82) is 0 Å². The van der Waals surface area contributed by atoms with Gasteiger partial charge < -0.3 is 19.5 Å². The molecule has 1 saturated heterocycles. The van der Waals surface area contributed by atoms with Crippen molar-refractivity contribution in [3.63, 3.8) is 0 Å². The minimum absolute atomic E-state index is 0. The van der Waals surface area contributed by atoms with Crippen molar-refractivity contribution < 1.29 is 30.8 Å². The molecule has 0 spiro atoms. The van der Waals surface area contributed by atoms with E-state index in [1.807, 2.05) is 4.90 Å². The first-order valence-corrected chi connectivity index (χ1v) is 10.3. The zero-order chi connectivity index (χ0) is 20.6. The zero-order valence-electron chi connectivity index (χ0n) is 15.9. The Morgan fingerprint density at radius 3 is 2.59 bits per heavy atom. The number of halogens is 4. The van der Waals surface area contributed by atoms with Crippen LogP contribution in [0.3, 0.4) is 0 Å². The van der Waals surface area contributed by atoms with Crippen molar-refractivity contribution in [3.05, 3.63) is 18.0 Å². The van der Waals surface area contributed by atoms with Gasteiger partial charge in [-0.15, -0.1) is 24.0 Å². The molecule has 29 heavy (non-hydrogen) atoms. The van der Waals surface area contributed by atoms with Crippen LogP contribution in [0, 0.1) is 0 Å². The number of alkyl halides is 3. The number of rotatable bonds is 8. The summed E-state index contributed by atoms with van der Waals surface area (Å²) in [5.74, 6) is 0.360. The fourth-order valence-electron chi connectivity index (χ4n) is 2.66. The number of nitrogens with one attached hydrogen (secondary N) is 1. The average molecular weight is 555 g/mol. The second-order valence-corrected chi connectivity index (χ2v) is 8.10. The van der Waals surface area contributed by atoms with Gasteiger partial charge in [0.05, 0.1) is 5.69 Å². The van der Waals surface area contributed by atoms with Crippen LogP contribution in [0.1, 0.15) is 12.1 Å². The van der Waals surface area contributed by atoms with Crippen LogP contribution in [-0.2, 0) is 20.5 Å². The van der Waals surface area contributed by atoms with E-state index in [0.29, 0.717) is 50.8 Å². The molecule has 1 aromatic rings. The summed E-state index contributed by atoms with van der Waals surface area (Å²) in [4.78, 5) is 6.04. The average Bonchev–Trinajstić information content (AvgIpc) is 3.13. The lowest BCUT2D eigenvalue weighted by Gasteiger charge is -2.35. The lowest BCUT2D eigenvalue weighted by Crippen LogP contribution is -2.54. The summed E-state index contributed by atoms with van der Waals surface area (Å²) in [5, 5.41) is 6.68. The van der Waals surface area contributed by atoms with Crippen LogP contribution in [-0.4, -0.2) is 87.9 Å².